The second-order valence-corrected chi connectivity index (χ2v) is 8.17. The van der Waals surface area contributed by atoms with Gasteiger partial charge in [0.05, 0.1) is 6.17 Å². The lowest BCUT2D eigenvalue weighted by atomic mass is 9.81. The van der Waals surface area contributed by atoms with Crippen molar-refractivity contribution in [1.82, 2.24) is 15.8 Å². The monoisotopic (exact) mass is 374 g/mol. The summed E-state index contributed by atoms with van der Waals surface area (Å²) in [5.74, 6) is 0.598. The fourth-order valence-electron chi connectivity index (χ4n) is 4.70. The number of carbonyl (C=O) groups excluding carboxylic acids is 1. The number of likely N-dealkylation sites (tertiary alicyclic amines) is 1. The van der Waals surface area contributed by atoms with Crippen LogP contribution in [0, 0.1) is 0 Å². The molecule has 0 unspecified atom stereocenters. The fraction of sp³-hybridized carbons (Fsp3) is 0.667. The number of nitrogens with one attached hydrogen (secondary N) is 2. The number of carbonyl (C=O) groups is 1. The van der Waals surface area contributed by atoms with Crippen LogP contribution < -0.4 is 20.5 Å². The molecule has 0 saturated carbocycles. The second-order valence-electron chi connectivity index (χ2n) is 8.17. The Kier molecular flexibility index (Phi) is 6.27. The van der Waals surface area contributed by atoms with Crippen molar-refractivity contribution in [3.63, 3.8) is 0 Å². The molecule has 1 fully saturated rings. The number of ether oxygens (including phenoxy) is 1. The van der Waals surface area contributed by atoms with Gasteiger partial charge in [-0.1, -0.05) is 39.5 Å². The van der Waals surface area contributed by atoms with Crippen LogP contribution in [0.4, 0.5) is 10.5 Å². The van der Waals surface area contributed by atoms with Crippen LogP contribution in [0.5, 0.6) is 5.75 Å². The minimum atomic E-state index is -0.458. The predicted octanol–water partition coefficient (Wildman–Crippen LogP) is 3.62. The van der Waals surface area contributed by atoms with Gasteiger partial charge in [-0.3, -0.25) is 10.3 Å². The van der Waals surface area contributed by atoms with Gasteiger partial charge in [0, 0.05) is 31.2 Å². The lowest BCUT2D eigenvalue weighted by Gasteiger charge is -2.32. The molecule has 0 aromatic heterocycles. The number of hydrogen-bond acceptors (Lipinski definition) is 5. The Morgan fingerprint density at radius 1 is 1.26 bits per heavy atom. The number of amides is 1. The number of hydrogen-bond donors (Lipinski definition) is 2. The van der Waals surface area contributed by atoms with Crippen LogP contribution in [0.25, 0.3) is 0 Å². The molecule has 1 aromatic rings. The fourth-order valence-corrected chi connectivity index (χ4v) is 4.70. The molecule has 2 heterocycles. The molecule has 27 heavy (non-hydrogen) atoms. The van der Waals surface area contributed by atoms with E-state index < -0.39 is 6.09 Å². The summed E-state index contributed by atoms with van der Waals surface area (Å²) < 4.78 is 5.50. The average Bonchev–Trinajstić information content (AvgIpc) is 3.06. The molecule has 0 bridgehead atoms. The summed E-state index contributed by atoms with van der Waals surface area (Å²) in [6.45, 7) is 6.37. The smallest absolute Gasteiger partial charge is 0.409 e. The van der Waals surface area contributed by atoms with E-state index in [1.165, 1.54) is 36.9 Å². The van der Waals surface area contributed by atoms with Gasteiger partial charge in [-0.05, 0) is 43.7 Å². The first-order chi connectivity index (χ1) is 13.0. The van der Waals surface area contributed by atoms with Crippen LogP contribution in [0.1, 0.15) is 57.9 Å². The van der Waals surface area contributed by atoms with Crippen LogP contribution in [0.15, 0.2) is 18.2 Å². The standard InChI is InChI=1S/C21H34N4O2/c1-5-6-7-8-9-13-22-23-20(26)27-16-10-11-18-17(15-16)21(2)12-14-24(3)19(21)25(18)4/h10-11,15,19,22H,5-9,12-14H2,1-4H3,(H,23,26)/t19-,21-/m0/s1. The maximum atomic E-state index is 12.1. The van der Waals surface area contributed by atoms with Crippen LogP contribution in [-0.2, 0) is 5.41 Å². The Morgan fingerprint density at radius 2 is 2.04 bits per heavy atom. The highest BCUT2D eigenvalue weighted by atomic mass is 16.6. The van der Waals surface area contributed by atoms with Crippen LogP contribution >= 0.6 is 0 Å². The van der Waals surface area contributed by atoms with Gasteiger partial charge in [-0.15, -0.1) is 0 Å². The number of nitrogens with zero attached hydrogens (tertiary/aromatic N) is 2. The third kappa shape index (κ3) is 4.06. The Bertz CT molecular complexity index is 666. The molecule has 1 amide bonds. The van der Waals surface area contributed by atoms with Gasteiger partial charge in [0.1, 0.15) is 5.75 Å². The highest BCUT2D eigenvalue weighted by molar-refractivity contribution is 5.72. The Hall–Kier alpha value is -1.79. The van der Waals surface area contributed by atoms with Crippen molar-refractivity contribution in [2.45, 2.75) is 64.0 Å². The minimum Gasteiger partial charge on any atom is -0.409 e. The molecule has 2 aliphatic rings. The maximum absolute atomic E-state index is 12.1. The van der Waals surface area contributed by atoms with Gasteiger partial charge in [0.2, 0.25) is 0 Å². The number of hydrazine groups is 1. The number of unbranched alkanes of at least 4 members (excludes halogenated alkanes) is 4. The molecule has 0 radical (unpaired) electrons. The lowest BCUT2D eigenvalue weighted by molar-refractivity contribution is 0.195. The minimum absolute atomic E-state index is 0.0748. The van der Waals surface area contributed by atoms with Crippen molar-refractivity contribution in [2.24, 2.45) is 0 Å². The lowest BCUT2D eigenvalue weighted by Crippen LogP contribution is -2.45. The summed E-state index contributed by atoms with van der Waals surface area (Å²) in [6.07, 6.45) is 7.03. The Balaban J connectivity index is 1.53. The molecule has 6 heteroatoms. The third-order valence-corrected chi connectivity index (χ3v) is 6.11. The van der Waals surface area contributed by atoms with Crippen molar-refractivity contribution < 1.29 is 9.53 Å². The normalized spacial score (nSPS) is 24.0. The van der Waals surface area contributed by atoms with Gasteiger partial charge in [-0.25, -0.2) is 10.2 Å². The van der Waals surface area contributed by atoms with E-state index >= 15 is 0 Å². The quantitative estimate of drug-likeness (QED) is 0.538. The topological polar surface area (TPSA) is 56.8 Å². The van der Waals surface area contributed by atoms with Gasteiger partial charge in [0.15, 0.2) is 0 Å². The number of fused-ring (bicyclic) bond motifs is 3. The van der Waals surface area contributed by atoms with Crippen LogP contribution in [0.2, 0.25) is 0 Å². The molecular formula is C21H34N4O2. The first kappa shape index (κ1) is 20.0. The molecule has 6 nitrogen and oxygen atoms in total. The molecule has 0 aliphatic carbocycles. The van der Waals surface area contributed by atoms with Crippen LogP contribution in [0.3, 0.4) is 0 Å². The number of benzene rings is 1. The summed E-state index contributed by atoms with van der Waals surface area (Å²) in [5.41, 5.74) is 8.16. The van der Waals surface area contributed by atoms with E-state index in [1.54, 1.807) is 0 Å². The van der Waals surface area contributed by atoms with Gasteiger partial charge in [0.25, 0.3) is 0 Å². The van der Waals surface area contributed by atoms with E-state index in [0.717, 1.165) is 25.9 Å². The first-order valence-electron chi connectivity index (χ1n) is 10.3. The van der Waals surface area contributed by atoms with Crippen molar-refractivity contribution in [2.75, 3.05) is 32.1 Å². The largest absolute Gasteiger partial charge is 0.427 e. The highest BCUT2D eigenvalue weighted by Crippen LogP contribution is 2.51. The molecule has 1 saturated heterocycles. The van der Waals surface area contributed by atoms with Crippen molar-refractivity contribution >= 4 is 11.8 Å². The molecule has 2 atom stereocenters. The molecule has 150 valence electrons. The average molecular weight is 375 g/mol. The van der Waals surface area contributed by atoms with E-state index in [9.17, 15) is 4.79 Å². The molecule has 0 spiro atoms. The molecule has 3 rings (SSSR count). The first-order valence-corrected chi connectivity index (χ1v) is 10.3. The number of likely N-dealkylation sites (N-methyl/N-ethyl adjacent to an activating group) is 2. The Morgan fingerprint density at radius 3 is 2.81 bits per heavy atom. The zero-order chi connectivity index (χ0) is 19.4. The van der Waals surface area contributed by atoms with Gasteiger partial charge < -0.3 is 9.64 Å². The van der Waals surface area contributed by atoms with E-state index in [1.807, 2.05) is 12.1 Å². The van der Waals surface area contributed by atoms with Crippen molar-refractivity contribution in [3.05, 3.63) is 23.8 Å². The number of rotatable bonds is 8. The van der Waals surface area contributed by atoms with Crippen molar-refractivity contribution in [3.8, 4) is 5.75 Å². The Labute approximate surface area is 163 Å². The summed E-state index contributed by atoms with van der Waals surface area (Å²) >= 11 is 0. The zero-order valence-corrected chi connectivity index (χ0v) is 17.2. The second kappa shape index (κ2) is 8.48. The van der Waals surface area contributed by atoms with Crippen LogP contribution in [-0.4, -0.2) is 44.3 Å². The molecule has 2 aliphatic heterocycles. The van der Waals surface area contributed by atoms with Gasteiger partial charge >= 0.3 is 6.09 Å². The zero-order valence-electron chi connectivity index (χ0n) is 17.2. The maximum Gasteiger partial charge on any atom is 0.427 e. The van der Waals surface area contributed by atoms with E-state index in [0.29, 0.717) is 11.9 Å². The molecule has 1 aromatic carbocycles. The SMILES string of the molecule is CCCCCCCNNC(=O)Oc1ccc2c(c1)[C@]1(C)CCN(C)[C@H]1N2C. The van der Waals surface area contributed by atoms with Gasteiger partial charge in [-0.2, -0.15) is 0 Å². The number of anilines is 1. The summed E-state index contributed by atoms with van der Waals surface area (Å²) in [4.78, 5) is 16.8. The van der Waals surface area contributed by atoms with E-state index in [4.69, 9.17) is 4.74 Å². The van der Waals surface area contributed by atoms with E-state index in [2.05, 4.69) is 54.7 Å². The van der Waals surface area contributed by atoms with E-state index in [-0.39, 0.29) is 5.41 Å². The predicted molar refractivity (Wildman–Crippen MR) is 109 cm³/mol. The highest BCUT2D eigenvalue weighted by Gasteiger charge is 2.52. The third-order valence-electron chi connectivity index (χ3n) is 6.11. The summed E-state index contributed by atoms with van der Waals surface area (Å²) in [6, 6.07) is 5.98. The van der Waals surface area contributed by atoms with Crippen molar-refractivity contribution in [1.29, 1.82) is 0 Å². The molecular weight excluding hydrogens is 340 g/mol. The summed E-state index contributed by atoms with van der Waals surface area (Å²) in [7, 11) is 4.32. The summed E-state index contributed by atoms with van der Waals surface area (Å²) in [5, 5.41) is 0. The molecule has 2 N–H and O–H groups in total.